The first kappa shape index (κ1) is 23.5. The molecule has 6 heteroatoms. The number of ether oxygens (including phenoxy) is 6. The standard InChI is InChI=1S/C21H36O6/c1-7-16(4)22-13-25-19-11-10-12-20(26-14-23-17(5)8-2)21(19)27-15-24-18(6)9-3/h10-12,16-18H,7-9,13-15H2,1-6H3. The van der Waals surface area contributed by atoms with Crippen LogP contribution < -0.4 is 14.2 Å². The van der Waals surface area contributed by atoms with E-state index in [-0.39, 0.29) is 38.7 Å². The van der Waals surface area contributed by atoms with Crippen LogP contribution in [0.3, 0.4) is 0 Å². The molecule has 0 aliphatic carbocycles. The number of para-hydroxylation sites is 1. The summed E-state index contributed by atoms with van der Waals surface area (Å²) in [6.45, 7) is 12.6. The zero-order valence-corrected chi connectivity index (χ0v) is 17.7. The normalized spacial score (nSPS) is 14.4. The average molecular weight is 385 g/mol. The van der Waals surface area contributed by atoms with Gasteiger partial charge in [-0.25, -0.2) is 0 Å². The van der Waals surface area contributed by atoms with E-state index in [2.05, 4.69) is 20.8 Å². The minimum absolute atomic E-state index is 0.115. The topological polar surface area (TPSA) is 55.4 Å². The van der Waals surface area contributed by atoms with E-state index in [1.165, 1.54) is 0 Å². The molecule has 0 saturated heterocycles. The van der Waals surface area contributed by atoms with Crippen LogP contribution in [0, 0.1) is 0 Å². The summed E-state index contributed by atoms with van der Waals surface area (Å²) in [6, 6.07) is 5.49. The van der Waals surface area contributed by atoms with Crippen LogP contribution >= 0.6 is 0 Å². The maximum atomic E-state index is 5.83. The maximum absolute atomic E-state index is 5.83. The Labute approximate surface area is 164 Å². The second-order valence-corrected chi connectivity index (χ2v) is 6.53. The Balaban J connectivity index is 2.77. The van der Waals surface area contributed by atoms with Crippen molar-refractivity contribution < 1.29 is 28.4 Å². The minimum Gasteiger partial charge on any atom is -0.463 e. The Bertz CT molecular complexity index is 473. The Morgan fingerprint density at radius 3 is 1.37 bits per heavy atom. The third-order valence-electron chi connectivity index (χ3n) is 4.36. The van der Waals surface area contributed by atoms with Crippen LogP contribution in [0.4, 0.5) is 0 Å². The zero-order valence-electron chi connectivity index (χ0n) is 17.7. The van der Waals surface area contributed by atoms with Crippen LogP contribution in [0.2, 0.25) is 0 Å². The molecule has 156 valence electrons. The van der Waals surface area contributed by atoms with E-state index >= 15 is 0 Å². The van der Waals surface area contributed by atoms with E-state index < -0.39 is 0 Å². The van der Waals surface area contributed by atoms with E-state index in [1.54, 1.807) is 0 Å². The first-order valence-corrected chi connectivity index (χ1v) is 9.87. The van der Waals surface area contributed by atoms with Gasteiger partial charge in [0.25, 0.3) is 0 Å². The van der Waals surface area contributed by atoms with Gasteiger partial charge >= 0.3 is 0 Å². The van der Waals surface area contributed by atoms with Gasteiger partial charge in [0.05, 0.1) is 18.3 Å². The molecule has 6 nitrogen and oxygen atoms in total. The molecule has 0 saturated carbocycles. The van der Waals surface area contributed by atoms with Crippen LogP contribution in [0.25, 0.3) is 0 Å². The highest BCUT2D eigenvalue weighted by Crippen LogP contribution is 2.37. The van der Waals surface area contributed by atoms with Crippen molar-refractivity contribution in [2.24, 2.45) is 0 Å². The molecule has 27 heavy (non-hydrogen) atoms. The molecular weight excluding hydrogens is 348 g/mol. The van der Waals surface area contributed by atoms with Gasteiger partial charge in [-0.1, -0.05) is 26.8 Å². The maximum Gasteiger partial charge on any atom is 0.206 e. The SMILES string of the molecule is CCC(C)OCOc1cccc(OCOC(C)CC)c1OCOC(C)CC. The molecule has 1 aromatic carbocycles. The van der Waals surface area contributed by atoms with Gasteiger partial charge in [0.15, 0.2) is 31.9 Å². The summed E-state index contributed by atoms with van der Waals surface area (Å²) in [7, 11) is 0. The largest absolute Gasteiger partial charge is 0.463 e. The Kier molecular flexibility index (Phi) is 11.9. The first-order chi connectivity index (χ1) is 13.0. The summed E-state index contributed by atoms with van der Waals surface area (Å²) in [5.41, 5.74) is 0. The van der Waals surface area contributed by atoms with Crippen molar-refractivity contribution in [1.29, 1.82) is 0 Å². The van der Waals surface area contributed by atoms with Crippen LogP contribution in [-0.4, -0.2) is 38.7 Å². The molecule has 0 fully saturated rings. The number of rotatable bonds is 15. The molecule has 0 radical (unpaired) electrons. The first-order valence-electron chi connectivity index (χ1n) is 9.87. The molecule has 0 bridgehead atoms. The smallest absolute Gasteiger partial charge is 0.206 e. The van der Waals surface area contributed by atoms with Crippen molar-refractivity contribution in [2.45, 2.75) is 79.1 Å². The molecule has 0 aliphatic heterocycles. The number of hydrogen-bond donors (Lipinski definition) is 0. The van der Waals surface area contributed by atoms with E-state index in [9.17, 15) is 0 Å². The van der Waals surface area contributed by atoms with E-state index in [4.69, 9.17) is 28.4 Å². The van der Waals surface area contributed by atoms with Crippen LogP contribution in [0.1, 0.15) is 60.8 Å². The van der Waals surface area contributed by atoms with Crippen LogP contribution in [0.15, 0.2) is 18.2 Å². The lowest BCUT2D eigenvalue weighted by Gasteiger charge is -2.19. The summed E-state index contributed by atoms with van der Waals surface area (Å²) in [5, 5.41) is 0. The quantitative estimate of drug-likeness (QED) is 0.390. The van der Waals surface area contributed by atoms with Crippen molar-refractivity contribution in [3.63, 3.8) is 0 Å². The number of hydrogen-bond acceptors (Lipinski definition) is 6. The molecule has 0 spiro atoms. The summed E-state index contributed by atoms with van der Waals surface area (Å²) < 4.78 is 34.2. The monoisotopic (exact) mass is 384 g/mol. The van der Waals surface area contributed by atoms with Gasteiger partial charge in [-0.2, -0.15) is 0 Å². The van der Waals surface area contributed by atoms with Gasteiger partial charge in [0.2, 0.25) is 5.75 Å². The lowest BCUT2D eigenvalue weighted by molar-refractivity contribution is -0.0482. The van der Waals surface area contributed by atoms with Crippen molar-refractivity contribution in [3.05, 3.63) is 18.2 Å². The third kappa shape index (κ3) is 9.31. The minimum atomic E-state index is 0.115. The summed E-state index contributed by atoms with van der Waals surface area (Å²) in [5.74, 6) is 1.58. The van der Waals surface area contributed by atoms with Gasteiger partial charge < -0.3 is 28.4 Å². The predicted molar refractivity (Wildman–Crippen MR) is 105 cm³/mol. The van der Waals surface area contributed by atoms with Gasteiger partial charge in [-0.15, -0.1) is 0 Å². The third-order valence-corrected chi connectivity index (χ3v) is 4.36. The van der Waals surface area contributed by atoms with E-state index in [0.29, 0.717) is 17.2 Å². The molecule has 0 amide bonds. The van der Waals surface area contributed by atoms with Crippen molar-refractivity contribution in [1.82, 2.24) is 0 Å². The highest BCUT2D eigenvalue weighted by atomic mass is 16.7. The highest BCUT2D eigenvalue weighted by Gasteiger charge is 2.14. The van der Waals surface area contributed by atoms with Gasteiger partial charge in [0, 0.05) is 0 Å². The fourth-order valence-corrected chi connectivity index (χ4v) is 1.86. The Morgan fingerprint density at radius 2 is 1.00 bits per heavy atom. The second-order valence-electron chi connectivity index (χ2n) is 6.53. The molecule has 0 N–H and O–H groups in total. The van der Waals surface area contributed by atoms with Crippen LogP contribution in [0.5, 0.6) is 17.2 Å². The summed E-state index contributed by atoms with van der Waals surface area (Å²) in [6.07, 6.45) is 3.14. The molecule has 0 aromatic heterocycles. The molecule has 1 rings (SSSR count). The fourth-order valence-electron chi connectivity index (χ4n) is 1.86. The lowest BCUT2D eigenvalue weighted by Crippen LogP contribution is -2.15. The molecular formula is C21H36O6. The summed E-state index contributed by atoms with van der Waals surface area (Å²) >= 11 is 0. The number of benzene rings is 1. The van der Waals surface area contributed by atoms with Gasteiger partial charge in [0.1, 0.15) is 0 Å². The predicted octanol–water partition coefficient (Wildman–Crippen LogP) is 5.14. The average Bonchev–Trinajstić information content (AvgIpc) is 2.68. The molecule has 0 heterocycles. The van der Waals surface area contributed by atoms with E-state index in [0.717, 1.165) is 19.3 Å². The summed E-state index contributed by atoms with van der Waals surface area (Å²) in [4.78, 5) is 0. The Hall–Kier alpha value is -1.50. The zero-order chi connectivity index (χ0) is 20.1. The Morgan fingerprint density at radius 1 is 0.630 bits per heavy atom. The van der Waals surface area contributed by atoms with E-state index in [1.807, 2.05) is 39.0 Å². The fraction of sp³-hybridized carbons (Fsp3) is 0.714. The van der Waals surface area contributed by atoms with Crippen molar-refractivity contribution in [3.8, 4) is 17.2 Å². The molecule has 0 aliphatic rings. The molecule has 1 aromatic rings. The van der Waals surface area contributed by atoms with Crippen molar-refractivity contribution >= 4 is 0 Å². The highest BCUT2D eigenvalue weighted by molar-refractivity contribution is 5.51. The van der Waals surface area contributed by atoms with Crippen molar-refractivity contribution in [2.75, 3.05) is 20.4 Å². The van der Waals surface area contributed by atoms with Gasteiger partial charge in [-0.05, 0) is 52.2 Å². The lowest BCUT2D eigenvalue weighted by atomic mass is 10.3. The second kappa shape index (κ2) is 13.6. The molecule has 3 atom stereocenters. The van der Waals surface area contributed by atoms with Crippen LogP contribution in [-0.2, 0) is 14.2 Å². The van der Waals surface area contributed by atoms with Gasteiger partial charge in [-0.3, -0.25) is 0 Å². The molecule has 3 unspecified atom stereocenters.